The molecule has 0 spiro atoms. The number of rotatable bonds is 12. The molecule has 0 unspecified atom stereocenters. The maximum atomic E-state index is 2.85. The van der Waals surface area contributed by atoms with Crippen molar-refractivity contribution in [2.45, 2.75) is 173 Å². The normalized spacial score (nSPS) is 15.5. The van der Waals surface area contributed by atoms with Crippen LogP contribution in [0.15, 0.2) is 0 Å². The average molecular weight is 855 g/mol. The van der Waals surface area contributed by atoms with Crippen LogP contribution in [0, 0.1) is 0 Å². The van der Waals surface area contributed by atoms with E-state index in [0.717, 1.165) is 0 Å². The minimum atomic E-state index is -1.29. The molecule has 0 fully saturated rings. The summed E-state index contributed by atoms with van der Waals surface area (Å²) in [5.41, 5.74) is 0. The summed E-state index contributed by atoms with van der Waals surface area (Å²) in [5.74, 6) is 0. The minimum absolute atomic E-state index is 0.211. The summed E-state index contributed by atoms with van der Waals surface area (Å²) < 4.78 is 5.13. The van der Waals surface area contributed by atoms with Crippen LogP contribution in [-0.2, 0) is 0 Å². The molecule has 0 bridgehead atoms. The zero-order chi connectivity index (χ0) is 32.2. The second kappa shape index (κ2) is 13.6. The quantitative estimate of drug-likeness (QED) is 0.172. The van der Waals surface area contributed by atoms with Crippen LogP contribution in [0.4, 0.5) is 0 Å². The zero-order valence-electron chi connectivity index (χ0n) is 31.8. The SMILES string of the molecule is C[Si](C)(C)[CH]([Ge](=[Ge]=[Ge]([CH]([Si](C)(C)C)[Si](C)(C)C)[CH]([Si](C)(C)C)[Si](C)(C)C)[CH]([Si](C)(C)C)[Si](C)(C)C)[Si](C)(C)C. The van der Waals surface area contributed by atoms with Gasteiger partial charge in [-0.1, -0.05) is 0 Å². The summed E-state index contributed by atoms with van der Waals surface area (Å²) in [6.07, 6.45) is 0. The number of hydrogen-bond acceptors (Lipinski definition) is 0. The van der Waals surface area contributed by atoms with Gasteiger partial charge in [0, 0.05) is 0 Å². The summed E-state index contributed by atoms with van der Waals surface area (Å²) in [6, 6.07) is 0. The Kier molecular flexibility index (Phi) is 14.8. The molecule has 0 N–H and O–H groups in total. The molecular weight excluding hydrogens is 779 g/mol. The Balaban J connectivity index is 9.04. The van der Waals surface area contributed by atoms with Gasteiger partial charge in [0.25, 0.3) is 0 Å². The fraction of sp³-hybridized carbons (Fsp3) is 1.00. The van der Waals surface area contributed by atoms with E-state index in [2.05, 4.69) is 157 Å². The molecule has 0 aromatic rings. The van der Waals surface area contributed by atoms with Crippen molar-refractivity contribution in [3.63, 3.8) is 0 Å². The predicted molar refractivity (Wildman–Crippen MR) is 219 cm³/mol. The van der Waals surface area contributed by atoms with Crippen LogP contribution in [0.1, 0.15) is 0 Å². The van der Waals surface area contributed by atoms with Gasteiger partial charge in [-0.25, -0.2) is 0 Å². The van der Waals surface area contributed by atoms with Crippen LogP contribution in [-0.4, -0.2) is 98.7 Å². The van der Waals surface area contributed by atoms with E-state index in [1.165, 1.54) is 16.0 Å². The Morgan fingerprint density at radius 1 is 0.256 bits per heavy atom. The van der Waals surface area contributed by atoms with Gasteiger partial charge in [-0.2, -0.15) is 0 Å². The van der Waals surface area contributed by atoms with Crippen LogP contribution in [0.2, 0.25) is 173 Å². The molecule has 0 saturated heterocycles. The van der Waals surface area contributed by atoms with Crippen molar-refractivity contribution in [1.82, 2.24) is 0 Å². The summed E-state index contributed by atoms with van der Waals surface area (Å²) in [7, 11) is -9.72. The molecule has 0 aromatic carbocycles. The van der Waals surface area contributed by atoms with E-state index in [1.54, 1.807) is 0 Å². The second-order valence-electron chi connectivity index (χ2n) is 21.7. The summed E-state index contributed by atoms with van der Waals surface area (Å²) in [6.45, 7) is 68.4. The summed E-state index contributed by atoms with van der Waals surface area (Å²) in [5, 5.41) is 0. The van der Waals surface area contributed by atoms with Gasteiger partial charge >= 0.3 is 272 Å². The third-order valence-electron chi connectivity index (χ3n) is 8.46. The monoisotopic (exact) mass is 858 g/mol. The summed E-state index contributed by atoms with van der Waals surface area (Å²) in [4.78, 5) is 0. The van der Waals surface area contributed by atoms with Crippen LogP contribution >= 0.6 is 0 Å². The molecular formula is C28H76Ge3Si8. The van der Waals surface area contributed by atoms with Gasteiger partial charge in [-0.3, -0.25) is 0 Å². The van der Waals surface area contributed by atoms with Gasteiger partial charge in [-0.15, -0.1) is 0 Å². The topological polar surface area (TPSA) is 0 Å². The molecule has 232 valence electrons. The van der Waals surface area contributed by atoms with Crippen molar-refractivity contribution < 1.29 is 0 Å². The van der Waals surface area contributed by atoms with Crippen molar-refractivity contribution >= 4 is 98.7 Å². The average Bonchev–Trinajstić information content (AvgIpc) is 2.41. The van der Waals surface area contributed by atoms with Gasteiger partial charge in [0.05, 0.1) is 0 Å². The van der Waals surface area contributed by atoms with Gasteiger partial charge in [0.1, 0.15) is 0 Å². The van der Waals surface area contributed by atoms with E-state index >= 15 is 0 Å². The Bertz CT molecular complexity index is 704. The Morgan fingerprint density at radius 3 is 0.436 bits per heavy atom. The molecule has 0 nitrogen and oxygen atoms in total. The third kappa shape index (κ3) is 12.6. The van der Waals surface area contributed by atoms with E-state index in [4.69, 9.17) is 0 Å². The first-order chi connectivity index (χ1) is 16.5. The zero-order valence-corrected chi connectivity index (χ0v) is 46.1. The molecule has 0 heterocycles. The van der Waals surface area contributed by atoms with Gasteiger partial charge in [0.15, 0.2) is 0 Å². The molecule has 0 radical (unpaired) electrons. The molecule has 11 heteroatoms. The van der Waals surface area contributed by atoms with Crippen molar-refractivity contribution in [2.75, 3.05) is 0 Å². The standard InChI is InChI=1S/C28H76Ge3Si8/c1-32(2,3)25(33(4,5)6)30(26(34(7,8)9)35(10,11)12)29-31(27(36(13,14)15)37(16,17)18)28(38(19,20)21)39(22,23)24/h25-28H,1-24H3. The summed E-state index contributed by atoms with van der Waals surface area (Å²) >= 11 is -2.59. The second-order valence-corrected chi connectivity index (χ2v) is 115. The molecule has 0 aromatic heterocycles. The number of hydrogen-bond donors (Lipinski definition) is 0. The van der Waals surface area contributed by atoms with E-state index < -0.39 is 88.3 Å². The molecule has 0 aliphatic rings. The first-order valence-corrected chi connectivity index (χ1v) is 62.4. The van der Waals surface area contributed by atoms with E-state index in [-0.39, 0.29) is 10.4 Å². The van der Waals surface area contributed by atoms with Crippen LogP contribution in [0.25, 0.3) is 0 Å². The maximum absolute atomic E-state index is 2.85. The first kappa shape index (κ1) is 42.4. The predicted octanol–water partition coefficient (Wildman–Crippen LogP) is 11.2. The van der Waals surface area contributed by atoms with E-state index in [1.807, 2.05) is 0 Å². The van der Waals surface area contributed by atoms with Gasteiger partial charge in [-0.05, 0) is 0 Å². The van der Waals surface area contributed by atoms with Crippen molar-refractivity contribution in [1.29, 1.82) is 0 Å². The van der Waals surface area contributed by atoms with Crippen LogP contribution < -0.4 is 0 Å². The Morgan fingerprint density at radius 2 is 0.359 bits per heavy atom. The molecule has 0 aliphatic carbocycles. The molecule has 0 rings (SSSR count). The van der Waals surface area contributed by atoms with Crippen molar-refractivity contribution in [3.8, 4) is 0 Å². The fourth-order valence-electron chi connectivity index (χ4n) is 9.72. The van der Waals surface area contributed by atoms with Crippen LogP contribution in [0.5, 0.6) is 0 Å². The van der Waals surface area contributed by atoms with Crippen LogP contribution in [0.3, 0.4) is 0 Å². The van der Waals surface area contributed by atoms with Crippen molar-refractivity contribution in [2.24, 2.45) is 0 Å². The molecule has 0 atom stereocenters. The van der Waals surface area contributed by atoms with Crippen molar-refractivity contribution in [3.05, 3.63) is 0 Å². The van der Waals surface area contributed by atoms with E-state index in [9.17, 15) is 0 Å². The molecule has 39 heavy (non-hydrogen) atoms. The van der Waals surface area contributed by atoms with Gasteiger partial charge < -0.3 is 0 Å². The molecule has 0 aliphatic heterocycles. The van der Waals surface area contributed by atoms with E-state index in [0.29, 0.717) is 0 Å². The first-order valence-electron chi connectivity index (χ1n) is 16.0. The Labute approximate surface area is 269 Å². The fourth-order valence-corrected chi connectivity index (χ4v) is 379. The van der Waals surface area contributed by atoms with Gasteiger partial charge in [0.2, 0.25) is 0 Å². The third-order valence-corrected chi connectivity index (χ3v) is 183. The molecule has 0 saturated carbocycles. The Hall–Kier alpha value is 3.36. The molecule has 0 amide bonds.